The number of hydrogen-bond donors (Lipinski definition) is 0. The van der Waals surface area contributed by atoms with Crippen LogP contribution in [0.5, 0.6) is 11.5 Å². The van der Waals surface area contributed by atoms with E-state index in [2.05, 4.69) is 126 Å². The average Bonchev–Trinajstić information content (AvgIpc) is 3.33. The Morgan fingerprint density at radius 1 is 0.444 bits per heavy atom. The quantitative estimate of drug-likeness (QED) is 0.0503. The largest absolute Gasteiger partial charge is 0.493 e. The van der Waals surface area contributed by atoms with Crippen molar-refractivity contribution < 1.29 is 14.2 Å². The molecule has 0 amide bonds. The lowest BCUT2D eigenvalue weighted by Crippen LogP contribution is -2.08. The van der Waals surface area contributed by atoms with Crippen LogP contribution >= 0.6 is 0 Å². The Kier molecular flexibility index (Phi) is 18.7. The van der Waals surface area contributed by atoms with Gasteiger partial charge in [-0.15, -0.1) is 0 Å². The maximum Gasteiger partial charge on any atom is 0.159 e. The molecule has 0 saturated carbocycles. The zero-order chi connectivity index (χ0) is 44.2. The molecule has 2 heterocycles. The van der Waals surface area contributed by atoms with Crippen LogP contribution in [0.25, 0.3) is 45.0 Å². The first-order valence-electron chi connectivity index (χ1n) is 23.8. The molecule has 0 N–H and O–H groups in total. The minimum atomic E-state index is 0.433. The molecule has 6 rings (SSSR count). The first-order chi connectivity index (χ1) is 30.9. The Labute approximate surface area is 378 Å². The molecule has 0 spiro atoms. The second-order valence-electron chi connectivity index (χ2n) is 17.4. The topological polar surface area (TPSA) is 79.2 Å². The van der Waals surface area contributed by atoms with Crippen molar-refractivity contribution >= 4 is 0 Å². The van der Waals surface area contributed by atoms with Crippen molar-refractivity contribution in [2.45, 2.75) is 132 Å². The molecule has 0 aliphatic rings. The number of unbranched alkanes of at least 4 members (excludes halogenated alkanes) is 6. The highest BCUT2D eigenvalue weighted by molar-refractivity contribution is 5.73. The van der Waals surface area contributed by atoms with Gasteiger partial charge in [-0.1, -0.05) is 154 Å². The lowest BCUT2D eigenvalue weighted by atomic mass is 9.97. The van der Waals surface area contributed by atoms with Gasteiger partial charge in [-0.05, 0) is 106 Å². The third-order valence-electron chi connectivity index (χ3n) is 12.1. The third-order valence-corrected chi connectivity index (χ3v) is 12.1. The van der Waals surface area contributed by atoms with Crippen LogP contribution < -0.4 is 9.47 Å². The lowest BCUT2D eigenvalue weighted by molar-refractivity contribution is 0.107. The van der Waals surface area contributed by atoms with Crippen molar-refractivity contribution in [3.8, 4) is 56.5 Å². The van der Waals surface area contributed by atoms with E-state index in [0.717, 1.165) is 93.3 Å². The minimum Gasteiger partial charge on any atom is -0.493 e. The van der Waals surface area contributed by atoms with Crippen LogP contribution in [0.15, 0.2) is 110 Å². The summed E-state index contributed by atoms with van der Waals surface area (Å²) < 4.78 is 19.2. The SMILES string of the molecule is CCCCCCc1cnc(-c2ccc(-c3cc(OCC(C)CC)ccc3COCc3ccc(OCC(C)CC)cc3-c3ccc(-c4ncc(CCCCCC)cn4)cc3)cc2)nc1. The number of nitrogens with zero attached hydrogens (tertiary/aromatic N) is 4. The molecular weight excluding hydrogens is 777 g/mol. The Balaban J connectivity index is 1.19. The molecule has 7 nitrogen and oxygen atoms in total. The van der Waals surface area contributed by atoms with Crippen LogP contribution in [0, 0.1) is 11.8 Å². The van der Waals surface area contributed by atoms with Crippen LogP contribution in [0.3, 0.4) is 0 Å². The number of rotatable bonds is 26. The summed E-state index contributed by atoms with van der Waals surface area (Å²) in [4.78, 5) is 18.9. The molecule has 2 unspecified atom stereocenters. The molecule has 2 aromatic heterocycles. The van der Waals surface area contributed by atoms with E-state index in [0.29, 0.717) is 38.3 Å². The number of aromatic nitrogens is 4. The second kappa shape index (κ2) is 25.0. The summed E-state index contributed by atoms with van der Waals surface area (Å²) in [6.45, 7) is 15.5. The van der Waals surface area contributed by atoms with Gasteiger partial charge < -0.3 is 14.2 Å². The van der Waals surface area contributed by atoms with E-state index in [1.165, 1.54) is 62.5 Å². The molecule has 4 aromatic carbocycles. The predicted octanol–water partition coefficient (Wildman–Crippen LogP) is 14.7. The van der Waals surface area contributed by atoms with Gasteiger partial charge in [-0.25, -0.2) is 19.9 Å². The van der Waals surface area contributed by atoms with E-state index in [1.807, 2.05) is 24.8 Å². The highest BCUT2D eigenvalue weighted by Crippen LogP contribution is 2.34. The molecule has 0 radical (unpaired) electrons. The number of benzene rings is 4. The summed E-state index contributed by atoms with van der Waals surface area (Å²) in [7, 11) is 0. The number of aryl methyl sites for hydroxylation is 2. The average molecular weight is 847 g/mol. The third kappa shape index (κ3) is 14.3. The minimum absolute atomic E-state index is 0.433. The van der Waals surface area contributed by atoms with E-state index in [4.69, 9.17) is 34.1 Å². The van der Waals surface area contributed by atoms with Crippen LogP contribution in [0.4, 0.5) is 0 Å². The fraction of sp³-hybridized carbons (Fsp3) is 0.429. The van der Waals surface area contributed by atoms with Gasteiger partial charge in [-0.3, -0.25) is 0 Å². The van der Waals surface area contributed by atoms with E-state index >= 15 is 0 Å². The lowest BCUT2D eigenvalue weighted by Gasteiger charge is -2.17. The van der Waals surface area contributed by atoms with Crippen LogP contribution in [-0.2, 0) is 30.8 Å². The summed E-state index contributed by atoms with van der Waals surface area (Å²) in [5.41, 5.74) is 10.9. The summed E-state index contributed by atoms with van der Waals surface area (Å²) in [6, 6.07) is 29.8. The Morgan fingerprint density at radius 3 is 1.19 bits per heavy atom. The van der Waals surface area contributed by atoms with Crippen molar-refractivity contribution in [1.82, 2.24) is 19.9 Å². The molecular formula is C56H70N4O3. The van der Waals surface area contributed by atoms with Gasteiger partial charge in [0.15, 0.2) is 11.6 Å². The van der Waals surface area contributed by atoms with Crippen molar-refractivity contribution in [2.24, 2.45) is 11.8 Å². The normalized spacial score (nSPS) is 12.3. The van der Waals surface area contributed by atoms with Crippen LogP contribution in [0.1, 0.15) is 128 Å². The Morgan fingerprint density at radius 2 is 0.825 bits per heavy atom. The maximum atomic E-state index is 6.61. The molecule has 6 aromatic rings. The molecule has 332 valence electrons. The van der Waals surface area contributed by atoms with Gasteiger partial charge in [0.1, 0.15) is 11.5 Å². The Hall–Kier alpha value is -5.40. The molecule has 7 heteroatoms. The zero-order valence-corrected chi connectivity index (χ0v) is 38.9. The standard InChI is InChI=1S/C56H70N4O3/c1-7-11-13-15-17-43-33-57-55(58-34-43)47-23-19-45(20-24-47)53-31-51(62-37-41(5)9-3)29-27-49(53)39-61-40-50-28-30-52(63-38-42(6)10-4)32-54(50)46-21-25-48(26-22-46)56-59-35-44(36-60-56)18-16-14-12-8-2/h19-36,41-42H,7-18,37-40H2,1-6H3. The fourth-order valence-corrected chi connectivity index (χ4v) is 7.44. The maximum absolute atomic E-state index is 6.61. The summed E-state index contributed by atoms with van der Waals surface area (Å²) >= 11 is 0. The van der Waals surface area contributed by atoms with E-state index in [-0.39, 0.29) is 0 Å². The van der Waals surface area contributed by atoms with Gasteiger partial charge in [0.05, 0.1) is 26.4 Å². The first kappa shape index (κ1) is 47.1. The predicted molar refractivity (Wildman–Crippen MR) is 260 cm³/mol. The van der Waals surface area contributed by atoms with Crippen molar-refractivity contribution in [2.75, 3.05) is 13.2 Å². The summed E-state index contributed by atoms with van der Waals surface area (Å²) in [5, 5.41) is 0. The smallest absolute Gasteiger partial charge is 0.159 e. The van der Waals surface area contributed by atoms with Crippen molar-refractivity contribution in [3.63, 3.8) is 0 Å². The highest BCUT2D eigenvalue weighted by atomic mass is 16.5. The molecule has 0 aliphatic heterocycles. The van der Waals surface area contributed by atoms with Gasteiger partial charge in [0.25, 0.3) is 0 Å². The molecule has 2 atom stereocenters. The number of ether oxygens (including phenoxy) is 3. The van der Waals surface area contributed by atoms with Crippen molar-refractivity contribution in [3.05, 3.63) is 132 Å². The zero-order valence-electron chi connectivity index (χ0n) is 38.9. The monoisotopic (exact) mass is 847 g/mol. The van der Waals surface area contributed by atoms with E-state index < -0.39 is 0 Å². The number of hydrogen-bond acceptors (Lipinski definition) is 7. The first-order valence-corrected chi connectivity index (χ1v) is 23.8. The molecule has 0 bridgehead atoms. The van der Waals surface area contributed by atoms with E-state index in [1.54, 1.807) is 0 Å². The van der Waals surface area contributed by atoms with E-state index in [9.17, 15) is 0 Å². The van der Waals surface area contributed by atoms with Crippen LogP contribution in [0.2, 0.25) is 0 Å². The fourth-order valence-electron chi connectivity index (χ4n) is 7.44. The highest BCUT2D eigenvalue weighted by Gasteiger charge is 2.14. The van der Waals surface area contributed by atoms with Crippen LogP contribution in [-0.4, -0.2) is 33.1 Å². The van der Waals surface area contributed by atoms with Gasteiger partial charge in [-0.2, -0.15) is 0 Å². The van der Waals surface area contributed by atoms with Gasteiger partial charge >= 0.3 is 0 Å². The molecule has 0 aliphatic carbocycles. The molecule has 63 heavy (non-hydrogen) atoms. The van der Waals surface area contributed by atoms with Gasteiger partial charge in [0.2, 0.25) is 0 Å². The summed E-state index contributed by atoms with van der Waals surface area (Å²) in [6.07, 6.45) is 22.0. The Bertz CT molecular complexity index is 2080. The molecule has 0 fully saturated rings. The second-order valence-corrected chi connectivity index (χ2v) is 17.4. The molecule has 0 saturated heterocycles. The van der Waals surface area contributed by atoms with Crippen molar-refractivity contribution in [1.29, 1.82) is 0 Å². The summed E-state index contributed by atoms with van der Waals surface area (Å²) in [5.74, 6) is 4.15. The van der Waals surface area contributed by atoms with Gasteiger partial charge in [0, 0.05) is 35.9 Å².